The SMILES string of the molecule is C=CCOc1ccccc1/C=N\Nc1cn[nH]c(=O)c1Cl. The van der Waals surface area contributed by atoms with Gasteiger partial charge in [0.2, 0.25) is 0 Å². The molecule has 0 aliphatic heterocycles. The van der Waals surface area contributed by atoms with Crippen molar-refractivity contribution >= 4 is 23.5 Å². The Hall–Kier alpha value is -2.60. The summed E-state index contributed by atoms with van der Waals surface area (Å²) in [4.78, 5) is 11.3. The maximum atomic E-state index is 11.3. The first-order valence-electron chi connectivity index (χ1n) is 6.07. The fourth-order valence-corrected chi connectivity index (χ4v) is 1.63. The highest BCUT2D eigenvalue weighted by molar-refractivity contribution is 6.32. The molecule has 6 nitrogen and oxygen atoms in total. The molecule has 108 valence electrons. The van der Waals surface area contributed by atoms with Crippen molar-refractivity contribution < 1.29 is 4.74 Å². The zero-order chi connectivity index (χ0) is 15.1. The van der Waals surface area contributed by atoms with E-state index >= 15 is 0 Å². The summed E-state index contributed by atoms with van der Waals surface area (Å²) in [6, 6.07) is 7.40. The molecule has 0 aliphatic rings. The van der Waals surface area contributed by atoms with Gasteiger partial charge >= 0.3 is 0 Å². The van der Waals surface area contributed by atoms with Gasteiger partial charge in [0, 0.05) is 5.56 Å². The molecule has 21 heavy (non-hydrogen) atoms. The third-order valence-corrected chi connectivity index (χ3v) is 2.84. The van der Waals surface area contributed by atoms with Gasteiger partial charge in [-0.3, -0.25) is 10.2 Å². The molecule has 1 heterocycles. The largest absolute Gasteiger partial charge is 0.489 e. The highest BCUT2D eigenvalue weighted by atomic mass is 35.5. The normalized spacial score (nSPS) is 10.5. The van der Waals surface area contributed by atoms with Gasteiger partial charge in [-0.25, -0.2) is 5.10 Å². The molecule has 0 unspecified atom stereocenters. The standard InChI is InChI=1S/C14H13ClN4O2/c1-2-7-21-12-6-4-3-5-10(12)8-16-18-11-9-17-19-14(20)13(11)15/h2-6,8-9H,1,7H2,(H2,18,19,20)/b16-8-. The minimum Gasteiger partial charge on any atom is -0.489 e. The van der Waals surface area contributed by atoms with Crippen LogP contribution in [-0.4, -0.2) is 23.0 Å². The van der Waals surface area contributed by atoms with Gasteiger partial charge in [-0.1, -0.05) is 36.4 Å². The molecular weight excluding hydrogens is 292 g/mol. The molecule has 2 aromatic rings. The number of hydrazone groups is 1. The van der Waals surface area contributed by atoms with Gasteiger partial charge in [0.15, 0.2) is 0 Å². The maximum Gasteiger partial charge on any atom is 0.285 e. The predicted molar refractivity (Wildman–Crippen MR) is 83.2 cm³/mol. The van der Waals surface area contributed by atoms with E-state index in [4.69, 9.17) is 16.3 Å². The molecule has 2 N–H and O–H groups in total. The van der Waals surface area contributed by atoms with Crippen molar-refractivity contribution in [2.45, 2.75) is 0 Å². The van der Waals surface area contributed by atoms with Gasteiger partial charge < -0.3 is 4.74 Å². The first kappa shape index (κ1) is 14.8. The van der Waals surface area contributed by atoms with Gasteiger partial charge in [0.05, 0.1) is 12.4 Å². The zero-order valence-electron chi connectivity index (χ0n) is 11.0. The number of benzene rings is 1. The van der Waals surface area contributed by atoms with Gasteiger partial charge in [-0.15, -0.1) is 0 Å². The number of aromatic nitrogens is 2. The van der Waals surface area contributed by atoms with Crippen molar-refractivity contribution in [1.29, 1.82) is 0 Å². The Morgan fingerprint density at radius 3 is 3.10 bits per heavy atom. The topological polar surface area (TPSA) is 79.4 Å². The first-order valence-corrected chi connectivity index (χ1v) is 6.45. The number of hydrogen-bond donors (Lipinski definition) is 2. The summed E-state index contributed by atoms with van der Waals surface area (Å²) >= 11 is 5.82. The lowest BCUT2D eigenvalue weighted by molar-refractivity contribution is 0.363. The molecular formula is C14H13ClN4O2. The van der Waals surface area contributed by atoms with E-state index in [9.17, 15) is 4.79 Å². The molecule has 0 fully saturated rings. The van der Waals surface area contributed by atoms with Crippen molar-refractivity contribution in [3.63, 3.8) is 0 Å². The Balaban J connectivity index is 2.13. The van der Waals surface area contributed by atoms with Crippen LogP contribution in [0.4, 0.5) is 5.69 Å². The molecule has 0 saturated heterocycles. The van der Waals surface area contributed by atoms with E-state index in [1.165, 1.54) is 6.20 Å². The highest BCUT2D eigenvalue weighted by Gasteiger charge is 2.03. The lowest BCUT2D eigenvalue weighted by atomic mass is 10.2. The number of anilines is 1. The molecule has 0 amide bonds. The van der Waals surface area contributed by atoms with Crippen molar-refractivity contribution in [1.82, 2.24) is 10.2 Å². The second-order valence-corrected chi connectivity index (χ2v) is 4.31. The van der Waals surface area contributed by atoms with Crippen LogP contribution in [0.25, 0.3) is 0 Å². The Bertz CT molecular complexity index is 712. The lowest BCUT2D eigenvalue weighted by Crippen LogP contribution is -2.10. The molecule has 0 spiro atoms. The smallest absolute Gasteiger partial charge is 0.285 e. The van der Waals surface area contributed by atoms with Crippen LogP contribution in [-0.2, 0) is 0 Å². The second kappa shape index (κ2) is 7.25. The number of nitrogens with one attached hydrogen (secondary N) is 2. The summed E-state index contributed by atoms with van der Waals surface area (Å²) in [5, 5.41) is 9.88. The molecule has 1 aromatic carbocycles. The van der Waals surface area contributed by atoms with E-state index in [2.05, 4.69) is 27.3 Å². The molecule has 0 bridgehead atoms. The molecule has 0 radical (unpaired) electrons. The highest BCUT2D eigenvalue weighted by Crippen LogP contribution is 2.17. The number of aromatic amines is 1. The number of nitrogens with zero attached hydrogens (tertiary/aromatic N) is 2. The van der Waals surface area contributed by atoms with Gasteiger partial charge in [0.25, 0.3) is 5.56 Å². The van der Waals surface area contributed by atoms with Crippen LogP contribution in [0.15, 0.2) is 53.0 Å². The predicted octanol–water partition coefficient (Wildman–Crippen LogP) is 2.43. The number of rotatable bonds is 6. The van der Waals surface area contributed by atoms with Crippen molar-refractivity contribution in [3.05, 3.63) is 64.1 Å². The number of ether oxygens (including phenoxy) is 1. The molecule has 0 aliphatic carbocycles. The van der Waals surface area contributed by atoms with Crippen molar-refractivity contribution in [2.75, 3.05) is 12.0 Å². The Morgan fingerprint density at radius 2 is 2.29 bits per heavy atom. The maximum absolute atomic E-state index is 11.3. The van der Waals surface area contributed by atoms with E-state index < -0.39 is 5.56 Å². The van der Waals surface area contributed by atoms with Crippen molar-refractivity contribution in [2.24, 2.45) is 5.10 Å². The minimum atomic E-state index is -0.480. The van der Waals surface area contributed by atoms with E-state index in [-0.39, 0.29) is 5.02 Å². The van der Waals surface area contributed by atoms with Gasteiger partial charge in [-0.05, 0) is 12.1 Å². The molecule has 0 saturated carbocycles. The summed E-state index contributed by atoms with van der Waals surface area (Å²) < 4.78 is 5.50. The molecule has 7 heteroatoms. The molecule has 0 atom stereocenters. The Kier molecular flexibility index (Phi) is 5.11. The average molecular weight is 305 g/mol. The first-order chi connectivity index (χ1) is 10.2. The summed E-state index contributed by atoms with van der Waals surface area (Å²) in [7, 11) is 0. The average Bonchev–Trinajstić information content (AvgIpc) is 2.50. The van der Waals surface area contributed by atoms with Crippen LogP contribution in [0.1, 0.15) is 5.56 Å². The van der Waals surface area contributed by atoms with Crippen LogP contribution in [0.5, 0.6) is 5.75 Å². The Labute approximate surface area is 126 Å². The summed E-state index contributed by atoms with van der Waals surface area (Å²) in [5.41, 5.74) is 3.28. The van der Waals surface area contributed by atoms with Gasteiger partial charge in [-0.2, -0.15) is 10.2 Å². The number of halogens is 1. The molecule has 2 rings (SSSR count). The van der Waals surface area contributed by atoms with E-state index in [0.29, 0.717) is 18.0 Å². The van der Waals surface area contributed by atoms with Gasteiger partial charge in [0.1, 0.15) is 23.1 Å². The zero-order valence-corrected chi connectivity index (χ0v) is 11.8. The summed E-state index contributed by atoms with van der Waals surface area (Å²) in [5.74, 6) is 0.679. The van der Waals surface area contributed by atoms with Crippen LogP contribution >= 0.6 is 11.6 Å². The third kappa shape index (κ3) is 3.93. The molecule has 1 aromatic heterocycles. The third-order valence-electron chi connectivity index (χ3n) is 2.46. The van der Waals surface area contributed by atoms with Crippen LogP contribution in [0, 0.1) is 0 Å². The van der Waals surface area contributed by atoms with Crippen LogP contribution in [0.3, 0.4) is 0 Å². The number of H-pyrrole nitrogens is 1. The Morgan fingerprint density at radius 1 is 1.48 bits per heavy atom. The van der Waals surface area contributed by atoms with E-state index in [1.54, 1.807) is 12.3 Å². The fraction of sp³-hybridized carbons (Fsp3) is 0.0714. The minimum absolute atomic E-state index is 0.00153. The fourth-order valence-electron chi connectivity index (χ4n) is 1.50. The van der Waals surface area contributed by atoms with E-state index in [0.717, 1.165) is 5.56 Å². The number of hydrogen-bond acceptors (Lipinski definition) is 5. The second-order valence-electron chi connectivity index (χ2n) is 3.93. The van der Waals surface area contributed by atoms with Crippen LogP contribution < -0.4 is 15.7 Å². The lowest BCUT2D eigenvalue weighted by Gasteiger charge is -2.06. The number of para-hydroxylation sites is 1. The van der Waals surface area contributed by atoms with Crippen LogP contribution in [0.2, 0.25) is 5.02 Å². The van der Waals surface area contributed by atoms with E-state index in [1.807, 2.05) is 24.3 Å². The quantitative estimate of drug-likeness (QED) is 0.488. The van der Waals surface area contributed by atoms with Crippen molar-refractivity contribution in [3.8, 4) is 5.75 Å². The summed E-state index contributed by atoms with van der Waals surface area (Å²) in [6.45, 7) is 4.00. The summed E-state index contributed by atoms with van der Waals surface area (Å²) in [6.07, 6.45) is 4.60. The monoisotopic (exact) mass is 304 g/mol.